The summed E-state index contributed by atoms with van der Waals surface area (Å²) in [5, 5.41) is 27.4. The quantitative estimate of drug-likeness (QED) is 0.124. The zero-order chi connectivity index (χ0) is 69.6. The van der Waals surface area contributed by atoms with E-state index >= 15 is 0 Å². The molecule has 105 heavy (non-hydrogen) atoms. The summed E-state index contributed by atoms with van der Waals surface area (Å²) in [6.07, 6.45) is 0. The fraction of sp³-hybridized carbons (Fsp3) is 0.0110. The first-order valence-corrected chi connectivity index (χ1v) is 34.3. The molecule has 14 heteroatoms. The lowest BCUT2D eigenvalue weighted by molar-refractivity contribution is 0.425. The summed E-state index contributed by atoms with van der Waals surface area (Å²) >= 11 is 6.24. The predicted molar refractivity (Wildman–Crippen MR) is 428 cm³/mol. The molecule has 0 amide bonds. The second-order valence-corrected chi connectivity index (χ2v) is 25.5. The molecule has 0 unspecified atom stereocenters. The van der Waals surface area contributed by atoms with Crippen molar-refractivity contribution in [1.29, 1.82) is 0 Å². The van der Waals surface area contributed by atoms with Gasteiger partial charge in [0.15, 0.2) is 29.1 Å². The number of halogens is 1. The third-order valence-corrected chi connectivity index (χ3v) is 18.9. The van der Waals surface area contributed by atoms with Gasteiger partial charge in [-0.3, -0.25) is 0 Å². The lowest BCUT2D eigenvalue weighted by Crippen LogP contribution is -2.30. The Morgan fingerprint density at radius 3 is 0.857 bits per heavy atom. The standard InChI is InChI=1S/C45H27N3O2.C27H18ClN3.C18H11BO4.CH4.H2/c1-3-11-28(12-4-1)30-19-23-32(24-20-30)43-46-44(33-25-21-31(22-26-33)29-13-5-2-6-14-29)48-45(47-43)36-27-39-40(34-15-7-9-17-37(34)49-39)41-35-16-8-10-18-38(35)50-42(36)41;28-27-30-25(23-15-11-21(12-16-23)19-7-3-1-4-8-19)29-26(31-27)24-17-13-22(14-18-24)20-9-5-2-6-10-20;20-19(21)12-9-15-16(10-5-1-3-7-13(10)22-15)17-11-6-2-4-8-14(11)23-18(12)17;;/h1-27H;1-18H;1-9,20-21H;1H4;1H/i;;;;1+1. The Labute approximate surface area is 609 Å². The molecule has 14 aromatic carbocycles. The summed E-state index contributed by atoms with van der Waals surface area (Å²) in [5.74, 6) is 2.77. The van der Waals surface area contributed by atoms with Crippen LogP contribution >= 0.6 is 11.6 Å². The smallest absolute Gasteiger partial charge is 0.456 e. The summed E-state index contributed by atoms with van der Waals surface area (Å²) in [6, 6.07) is 110. The van der Waals surface area contributed by atoms with E-state index in [-0.39, 0.29) is 14.1 Å². The molecule has 20 aromatic rings. The highest BCUT2D eigenvalue weighted by molar-refractivity contribution is 6.63. The van der Waals surface area contributed by atoms with Crippen molar-refractivity contribution < 1.29 is 29.1 Å². The molecule has 12 nitrogen and oxygen atoms in total. The van der Waals surface area contributed by atoms with Gasteiger partial charge in [-0.1, -0.05) is 299 Å². The van der Waals surface area contributed by atoms with E-state index in [0.29, 0.717) is 56.9 Å². The molecule has 0 fully saturated rings. The van der Waals surface area contributed by atoms with Crippen LogP contribution in [-0.2, 0) is 0 Å². The highest BCUT2D eigenvalue weighted by Gasteiger charge is 2.27. The molecule has 0 spiro atoms. The summed E-state index contributed by atoms with van der Waals surface area (Å²) in [6.45, 7) is 0. The molecule has 6 heterocycles. The predicted octanol–water partition coefficient (Wildman–Crippen LogP) is 23.2. The van der Waals surface area contributed by atoms with Gasteiger partial charge in [0.1, 0.15) is 44.7 Å². The van der Waals surface area contributed by atoms with Crippen molar-refractivity contribution in [2.75, 3.05) is 0 Å². The number of furan rings is 4. The molecular weight excluding hydrogens is 1320 g/mol. The number of para-hydroxylation sites is 4. The maximum atomic E-state index is 9.74. The minimum atomic E-state index is -1.63. The number of hydrogen-bond acceptors (Lipinski definition) is 12. The lowest BCUT2D eigenvalue weighted by atomic mass is 9.78. The monoisotopic (exact) mass is 1380 g/mol. The first-order valence-electron chi connectivity index (χ1n) is 34.0. The second-order valence-electron chi connectivity index (χ2n) is 25.1. The van der Waals surface area contributed by atoms with Crippen molar-refractivity contribution >= 4 is 112 Å². The van der Waals surface area contributed by atoms with Crippen LogP contribution in [0.4, 0.5) is 0 Å². The Morgan fingerprint density at radius 1 is 0.248 bits per heavy atom. The van der Waals surface area contributed by atoms with Crippen LogP contribution in [0.1, 0.15) is 8.85 Å². The van der Waals surface area contributed by atoms with Gasteiger partial charge in [-0.2, -0.15) is 9.97 Å². The minimum Gasteiger partial charge on any atom is -0.456 e. The van der Waals surface area contributed by atoms with Gasteiger partial charge in [0.25, 0.3) is 0 Å². The maximum Gasteiger partial charge on any atom is 0.492 e. The second kappa shape index (κ2) is 27.8. The Morgan fingerprint density at radius 2 is 0.505 bits per heavy atom. The summed E-state index contributed by atoms with van der Waals surface area (Å²) in [7, 11) is -1.63. The molecule has 2 N–H and O–H groups in total. The molecule has 0 atom stereocenters. The molecule has 0 aliphatic rings. The third-order valence-electron chi connectivity index (χ3n) is 18.8. The number of hydrogen-bond donors (Lipinski definition) is 2. The Balaban J connectivity index is 0.000000131. The van der Waals surface area contributed by atoms with Gasteiger partial charge in [0, 0.05) is 72.2 Å². The third kappa shape index (κ3) is 12.5. The van der Waals surface area contributed by atoms with Gasteiger partial charge >= 0.3 is 7.12 Å². The fourth-order valence-electron chi connectivity index (χ4n) is 13.7. The van der Waals surface area contributed by atoms with E-state index in [1.165, 1.54) is 11.1 Å². The van der Waals surface area contributed by atoms with Crippen LogP contribution in [0.15, 0.2) is 345 Å². The van der Waals surface area contributed by atoms with Gasteiger partial charge in [0.2, 0.25) is 5.28 Å². The van der Waals surface area contributed by atoms with Crippen LogP contribution < -0.4 is 5.46 Å². The highest BCUT2D eigenvalue weighted by Crippen LogP contribution is 2.45. The number of aromatic nitrogens is 6. The van der Waals surface area contributed by atoms with E-state index in [9.17, 15) is 10.0 Å². The number of benzene rings is 14. The Bertz CT molecular complexity index is 6360. The number of fused-ring (bicyclic) bond motifs is 14. The van der Waals surface area contributed by atoms with Crippen molar-refractivity contribution in [2.24, 2.45) is 0 Å². The van der Waals surface area contributed by atoms with Gasteiger partial charge < -0.3 is 27.7 Å². The molecule has 0 bridgehead atoms. The normalized spacial score (nSPS) is 11.3. The molecule has 20 rings (SSSR count). The number of rotatable bonds is 10. The maximum absolute atomic E-state index is 9.74. The summed E-state index contributed by atoms with van der Waals surface area (Å²) in [5.41, 5.74) is 19.5. The van der Waals surface area contributed by atoms with E-state index in [2.05, 4.69) is 173 Å². The lowest BCUT2D eigenvalue weighted by Gasteiger charge is -2.10. The molecule has 0 saturated heterocycles. The van der Waals surface area contributed by atoms with Crippen molar-refractivity contribution in [3.63, 3.8) is 0 Å². The highest BCUT2D eigenvalue weighted by atomic mass is 35.5. The zero-order valence-electron chi connectivity index (χ0n) is 55.3. The largest absolute Gasteiger partial charge is 0.492 e. The zero-order valence-corrected chi connectivity index (χ0v) is 56.1. The van der Waals surface area contributed by atoms with Crippen LogP contribution in [-0.4, -0.2) is 47.1 Å². The first-order chi connectivity index (χ1) is 51.3. The molecule has 6 aromatic heterocycles. The molecule has 0 aliphatic carbocycles. The van der Waals surface area contributed by atoms with Crippen molar-refractivity contribution in [3.8, 4) is 101 Å². The van der Waals surface area contributed by atoms with Crippen LogP contribution in [0, 0.1) is 0 Å². The molecular formula is C91H62BClN6O6. The van der Waals surface area contributed by atoms with E-state index < -0.39 is 7.12 Å². The van der Waals surface area contributed by atoms with Gasteiger partial charge in [-0.05, 0) is 92.5 Å². The summed E-state index contributed by atoms with van der Waals surface area (Å²) in [4.78, 5) is 28.6. The topological polar surface area (TPSA) is 170 Å². The van der Waals surface area contributed by atoms with Gasteiger partial charge in [0.05, 0.1) is 5.56 Å². The van der Waals surface area contributed by atoms with Crippen LogP contribution in [0.5, 0.6) is 0 Å². The van der Waals surface area contributed by atoms with Crippen molar-refractivity contribution in [2.45, 2.75) is 7.43 Å². The van der Waals surface area contributed by atoms with E-state index in [4.69, 9.17) is 44.2 Å². The van der Waals surface area contributed by atoms with Crippen molar-refractivity contribution in [1.82, 2.24) is 29.9 Å². The van der Waals surface area contributed by atoms with E-state index in [1.54, 1.807) is 6.07 Å². The Hall–Kier alpha value is -13.4. The van der Waals surface area contributed by atoms with E-state index in [0.717, 1.165) is 127 Å². The summed E-state index contributed by atoms with van der Waals surface area (Å²) < 4.78 is 24.9. The average molecular weight is 1380 g/mol. The Kier molecular flexibility index (Phi) is 17.2. The molecule has 0 radical (unpaired) electrons. The van der Waals surface area contributed by atoms with E-state index in [1.807, 2.05) is 164 Å². The SMILES string of the molecule is C.Clc1nc(-c2ccc(-c3ccccc3)cc2)nc(-c2ccc(-c3ccccc3)cc2)n1.OB(O)c1cc2oc3ccccc3c2c2c1oc1ccccc12.[2HH].c1ccc(-c2ccc(-c3nc(-c4ccc(-c5ccccc5)cc4)nc(-c4cc5oc6ccccc6c5c5c4oc4ccccc45)n3)cc2)cc1. The number of nitrogens with zero attached hydrogens (tertiary/aromatic N) is 6. The average Bonchev–Trinajstić information content (AvgIpc) is 1.57. The molecule has 0 saturated carbocycles. The first kappa shape index (κ1) is 64.9. The van der Waals surface area contributed by atoms with Gasteiger partial charge in [-0.15, -0.1) is 0 Å². The molecule has 502 valence electrons. The van der Waals surface area contributed by atoms with Crippen LogP contribution in [0.2, 0.25) is 5.28 Å². The molecule has 0 aliphatic heterocycles. The van der Waals surface area contributed by atoms with Gasteiger partial charge in [-0.25, -0.2) is 19.9 Å². The van der Waals surface area contributed by atoms with Crippen LogP contribution in [0.3, 0.4) is 0 Å². The minimum absolute atomic E-state index is 0. The van der Waals surface area contributed by atoms with Crippen LogP contribution in [0.25, 0.3) is 189 Å². The van der Waals surface area contributed by atoms with Crippen molar-refractivity contribution in [3.05, 3.63) is 333 Å². The fourth-order valence-corrected chi connectivity index (χ4v) is 13.9.